The molecule has 25 heavy (non-hydrogen) atoms. The van der Waals surface area contributed by atoms with E-state index in [1.807, 2.05) is 0 Å². The highest BCUT2D eigenvalue weighted by atomic mass is 35.5. The standard InChI is InChI=1S/C17H37ClN7/c1-5-23(6-2)11-9-13-25(14-10-12-24(7-3)8-4)15(18)21-16(19)22-17(25)20/h15H,5-14H2,1-4H3,(H4,19,20,21,22)/q+1. The maximum Gasteiger partial charge on any atom is 0.305 e. The van der Waals surface area contributed by atoms with Crippen LogP contribution in [0, 0.1) is 0 Å². The molecular weight excluding hydrogens is 338 g/mol. The van der Waals surface area contributed by atoms with Gasteiger partial charge in [0.25, 0.3) is 5.62 Å². The van der Waals surface area contributed by atoms with E-state index in [1.165, 1.54) is 0 Å². The third-order valence-corrected chi connectivity index (χ3v) is 5.66. The lowest BCUT2D eigenvalue weighted by Crippen LogP contribution is -2.63. The third kappa shape index (κ3) is 6.09. The predicted octanol–water partition coefficient (Wildman–Crippen LogP) is 1.43. The number of aliphatic imine (C=N–C) groups is 2. The third-order valence-electron chi connectivity index (χ3n) is 5.18. The van der Waals surface area contributed by atoms with E-state index in [0.717, 1.165) is 65.2 Å². The summed E-state index contributed by atoms with van der Waals surface area (Å²) in [6.45, 7) is 16.7. The summed E-state index contributed by atoms with van der Waals surface area (Å²) in [4.78, 5) is 13.4. The van der Waals surface area contributed by atoms with E-state index in [4.69, 9.17) is 23.1 Å². The second-order valence-corrected chi connectivity index (χ2v) is 6.90. The number of quaternary nitrogens is 1. The van der Waals surface area contributed by atoms with Crippen molar-refractivity contribution in [3.05, 3.63) is 0 Å². The topological polar surface area (TPSA) is 83.2 Å². The lowest BCUT2D eigenvalue weighted by Gasteiger charge is -2.40. The van der Waals surface area contributed by atoms with Gasteiger partial charge in [0.15, 0.2) is 0 Å². The molecule has 0 bridgehead atoms. The zero-order valence-corrected chi connectivity index (χ0v) is 17.2. The van der Waals surface area contributed by atoms with E-state index in [1.54, 1.807) is 0 Å². The van der Waals surface area contributed by atoms with Crippen LogP contribution in [0.5, 0.6) is 0 Å². The van der Waals surface area contributed by atoms with Crippen molar-refractivity contribution < 1.29 is 4.48 Å². The van der Waals surface area contributed by atoms with Crippen LogP contribution in [0.2, 0.25) is 0 Å². The Morgan fingerprint density at radius 1 is 0.920 bits per heavy atom. The maximum atomic E-state index is 6.61. The monoisotopic (exact) mass is 374 g/mol. The van der Waals surface area contributed by atoms with Crippen molar-refractivity contribution in [1.29, 1.82) is 0 Å². The number of guanidine groups is 2. The van der Waals surface area contributed by atoms with E-state index >= 15 is 0 Å². The molecule has 1 heterocycles. The molecular formula is C17H37ClN7+. The highest BCUT2D eigenvalue weighted by Gasteiger charge is 2.42. The van der Waals surface area contributed by atoms with Crippen LogP contribution in [0.1, 0.15) is 40.5 Å². The SMILES string of the molecule is CCN(CC)CCC[N+]1(CCCN(CC)CC)C(N)=NC(N)=NC1Cl. The van der Waals surface area contributed by atoms with Gasteiger partial charge in [-0.1, -0.05) is 27.7 Å². The van der Waals surface area contributed by atoms with Crippen LogP contribution in [0.15, 0.2) is 9.98 Å². The van der Waals surface area contributed by atoms with Gasteiger partial charge in [0.1, 0.15) is 0 Å². The molecule has 1 rings (SSSR count). The van der Waals surface area contributed by atoms with E-state index < -0.39 is 5.62 Å². The molecule has 0 fully saturated rings. The second kappa shape index (κ2) is 11.0. The second-order valence-electron chi connectivity index (χ2n) is 6.51. The summed E-state index contributed by atoms with van der Waals surface area (Å²) in [6, 6.07) is 0. The fourth-order valence-electron chi connectivity index (χ4n) is 3.36. The van der Waals surface area contributed by atoms with Crippen molar-refractivity contribution in [2.45, 2.75) is 46.2 Å². The average Bonchev–Trinajstić information content (AvgIpc) is 2.59. The molecule has 0 saturated heterocycles. The van der Waals surface area contributed by atoms with Gasteiger partial charge in [0, 0.05) is 25.9 Å². The van der Waals surface area contributed by atoms with Crippen LogP contribution >= 0.6 is 11.6 Å². The predicted molar refractivity (Wildman–Crippen MR) is 108 cm³/mol. The van der Waals surface area contributed by atoms with Crippen LogP contribution in [0.25, 0.3) is 0 Å². The van der Waals surface area contributed by atoms with Gasteiger partial charge in [-0.3, -0.25) is 0 Å². The molecule has 0 amide bonds. The number of nitrogens with zero attached hydrogens (tertiary/aromatic N) is 5. The summed E-state index contributed by atoms with van der Waals surface area (Å²) in [6.07, 6.45) is 2.00. The molecule has 0 saturated carbocycles. The summed E-state index contributed by atoms with van der Waals surface area (Å²) >= 11 is 6.61. The highest BCUT2D eigenvalue weighted by Crippen LogP contribution is 2.24. The van der Waals surface area contributed by atoms with Gasteiger partial charge < -0.3 is 21.3 Å². The lowest BCUT2D eigenvalue weighted by molar-refractivity contribution is -0.855. The van der Waals surface area contributed by atoms with E-state index in [9.17, 15) is 0 Å². The molecule has 0 aromatic rings. The minimum atomic E-state index is -0.495. The molecule has 1 aliphatic rings. The summed E-state index contributed by atoms with van der Waals surface area (Å²) in [5.74, 6) is 0.672. The number of hydrogen-bond donors (Lipinski definition) is 2. The molecule has 8 heteroatoms. The fourth-order valence-corrected chi connectivity index (χ4v) is 3.76. The molecule has 0 spiro atoms. The Bertz CT molecular complexity index is 426. The Hall–Kier alpha value is -0.890. The number of nitrogens with two attached hydrogens (primary N) is 2. The van der Waals surface area contributed by atoms with Crippen LogP contribution in [0.3, 0.4) is 0 Å². The quantitative estimate of drug-likeness (QED) is 0.307. The molecule has 0 radical (unpaired) electrons. The smallest absolute Gasteiger partial charge is 0.305 e. The summed E-state index contributed by atoms with van der Waals surface area (Å²) in [5, 5.41) is 0. The number of rotatable bonds is 12. The van der Waals surface area contributed by atoms with Crippen molar-refractivity contribution in [2.24, 2.45) is 21.5 Å². The Labute approximate surface area is 158 Å². The number of hydrogen-bond acceptors (Lipinski definition) is 6. The van der Waals surface area contributed by atoms with Crippen LogP contribution in [-0.2, 0) is 0 Å². The van der Waals surface area contributed by atoms with Crippen LogP contribution in [0.4, 0.5) is 0 Å². The molecule has 7 nitrogen and oxygen atoms in total. The number of alkyl halides is 1. The molecule has 0 aromatic carbocycles. The van der Waals surface area contributed by atoms with Crippen molar-refractivity contribution >= 4 is 23.5 Å². The van der Waals surface area contributed by atoms with Crippen molar-refractivity contribution in [2.75, 3.05) is 52.4 Å². The van der Waals surface area contributed by atoms with E-state index in [2.05, 4.69) is 47.5 Å². The normalized spacial score (nSPS) is 20.0. The molecule has 1 atom stereocenters. The van der Waals surface area contributed by atoms with E-state index in [0.29, 0.717) is 10.4 Å². The minimum absolute atomic E-state index is 0.179. The molecule has 0 aromatic heterocycles. The minimum Gasteiger partial charge on any atom is -0.368 e. The Kier molecular flexibility index (Phi) is 9.71. The summed E-state index contributed by atoms with van der Waals surface area (Å²) < 4.78 is 0.408. The van der Waals surface area contributed by atoms with Gasteiger partial charge in [-0.05, 0) is 37.8 Å². The highest BCUT2D eigenvalue weighted by molar-refractivity contribution is 6.21. The van der Waals surface area contributed by atoms with Crippen LogP contribution in [-0.4, -0.2) is 84.2 Å². The zero-order chi connectivity index (χ0) is 18.9. The largest absolute Gasteiger partial charge is 0.368 e. The van der Waals surface area contributed by atoms with Gasteiger partial charge in [0.2, 0.25) is 5.96 Å². The fraction of sp³-hybridized carbons (Fsp3) is 0.882. The Morgan fingerprint density at radius 2 is 1.36 bits per heavy atom. The van der Waals surface area contributed by atoms with Crippen molar-refractivity contribution in [3.8, 4) is 0 Å². The Morgan fingerprint density at radius 3 is 1.72 bits per heavy atom. The van der Waals surface area contributed by atoms with Crippen LogP contribution < -0.4 is 11.5 Å². The molecule has 4 N–H and O–H groups in total. The first kappa shape index (κ1) is 22.2. The molecule has 146 valence electrons. The number of halogens is 1. The summed E-state index contributed by atoms with van der Waals surface area (Å²) in [7, 11) is 0. The first-order valence-electron chi connectivity index (χ1n) is 9.56. The summed E-state index contributed by atoms with van der Waals surface area (Å²) in [5.41, 5.74) is 11.6. The zero-order valence-electron chi connectivity index (χ0n) is 16.4. The first-order chi connectivity index (χ1) is 11.9. The lowest BCUT2D eigenvalue weighted by atomic mass is 10.2. The van der Waals surface area contributed by atoms with Gasteiger partial charge in [0.05, 0.1) is 13.1 Å². The van der Waals surface area contributed by atoms with Gasteiger partial charge in [-0.15, -0.1) is 4.99 Å². The van der Waals surface area contributed by atoms with E-state index in [-0.39, 0.29) is 5.96 Å². The molecule has 0 aliphatic carbocycles. The first-order valence-corrected chi connectivity index (χ1v) is 10.0. The van der Waals surface area contributed by atoms with Crippen molar-refractivity contribution in [1.82, 2.24) is 9.80 Å². The van der Waals surface area contributed by atoms with Gasteiger partial charge in [-0.25, -0.2) is 4.48 Å². The average molecular weight is 375 g/mol. The van der Waals surface area contributed by atoms with Gasteiger partial charge >= 0.3 is 5.96 Å². The maximum absolute atomic E-state index is 6.61. The molecule has 1 unspecified atom stereocenters. The van der Waals surface area contributed by atoms with Gasteiger partial charge in [-0.2, -0.15) is 4.99 Å². The Balaban J connectivity index is 2.79. The molecule has 1 aliphatic heterocycles. The van der Waals surface area contributed by atoms with Crippen molar-refractivity contribution in [3.63, 3.8) is 0 Å².